The van der Waals surface area contributed by atoms with Crippen LogP contribution in [-0.2, 0) is 25.5 Å². The van der Waals surface area contributed by atoms with E-state index in [1.165, 1.54) is 12.7 Å². The molecule has 0 radical (unpaired) electrons. The number of hydrogen-bond donors (Lipinski definition) is 5. The fourth-order valence-electron chi connectivity index (χ4n) is 8.34. The maximum Gasteiger partial charge on any atom is 0.320 e. The lowest BCUT2D eigenvalue weighted by Gasteiger charge is -2.25. The number of fused-ring (bicyclic) bond motifs is 8. The van der Waals surface area contributed by atoms with Gasteiger partial charge in [0.05, 0.1) is 30.1 Å². The van der Waals surface area contributed by atoms with Crippen LogP contribution in [0, 0.1) is 31.6 Å². The van der Waals surface area contributed by atoms with E-state index in [1.807, 2.05) is 52.0 Å². The zero-order valence-electron chi connectivity index (χ0n) is 31.2. The topological polar surface area (TPSA) is 149 Å². The van der Waals surface area contributed by atoms with Crippen LogP contribution in [0.15, 0.2) is 23.9 Å². The predicted octanol–water partition coefficient (Wildman–Crippen LogP) is 4.23. The van der Waals surface area contributed by atoms with Crippen LogP contribution in [0.4, 0.5) is 0 Å². The molecule has 274 valence electrons. The minimum absolute atomic E-state index is 0.0808. The molecule has 10 nitrogen and oxygen atoms in total. The van der Waals surface area contributed by atoms with Crippen LogP contribution in [0.5, 0.6) is 0 Å². The van der Waals surface area contributed by atoms with Crippen LogP contribution in [-0.4, -0.2) is 57.5 Å². The van der Waals surface area contributed by atoms with Crippen molar-refractivity contribution in [2.24, 2.45) is 17.8 Å². The van der Waals surface area contributed by atoms with E-state index >= 15 is 0 Å². The highest BCUT2D eigenvalue weighted by molar-refractivity contribution is 6.19. The average molecular weight is 707 g/mol. The Morgan fingerprint density at radius 2 is 1.75 bits per heavy atom. The fraction of sp³-hybridized carbons (Fsp3) is 0.405. The monoisotopic (exact) mass is 706 g/mol. The van der Waals surface area contributed by atoms with Crippen LogP contribution in [0.25, 0.3) is 36.1 Å². The van der Waals surface area contributed by atoms with Crippen LogP contribution in [0.2, 0.25) is 0 Å². The molecule has 52 heavy (non-hydrogen) atoms. The molecule has 1 aliphatic carbocycles. The van der Waals surface area contributed by atoms with Gasteiger partial charge in [0.1, 0.15) is 12.5 Å². The van der Waals surface area contributed by atoms with Gasteiger partial charge in [0.25, 0.3) is 0 Å². The zero-order valence-corrected chi connectivity index (χ0v) is 31.2. The first kappa shape index (κ1) is 36.5. The molecule has 6 rings (SSSR count). The third-order valence-electron chi connectivity index (χ3n) is 11.2. The molecule has 0 aromatic carbocycles. The number of H-pyrrole nitrogens is 3. The summed E-state index contributed by atoms with van der Waals surface area (Å²) in [5, 5.41) is 16.9. The van der Waals surface area contributed by atoms with E-state index in [0.29, 0.717) is 34.5 Å². The Morgan fingerprint density at radius 3 is 2.42 bits per heavy atom. The van der Waals surface area contributed by atoms with Crippen LogP contribution in [0.1, 0.15) is 103 Å². The Labute approximate surface area is 303 Å². The van der Waals surface area contributed by atoms with Gasteiger partial charge in [-0.2, -0.15) is 0 Å². The second-order valence-corrected chi connectivity index (χ2v) is 14.2. The standard InChI is InChI=1S/C42H50N4O6/c1-9-12-21(4)15-16-52-35(48)14-13-27-23(6)30-17-29-22(5)25(10-2)32(43-29)19-34-28(20-47)26(11-3)33(44-34)18-31-24(7)36-40(46-31)37(39(27)45-30)38(41(36)49)42(50)51-8/h10,15,17-20,23,27,38-39,43-47H,2,9,11-14,16H2,1,3-8H3/b21-15-,28-20-,30-17-,31-18-,34-19-/t23-,27-,38+,39?/m0/s1. The lowest BCUT2D eigenvalue weighted by molar-refractivity contribution is -0.143. The second-order valence-electron chi connectivity index (χ2n) is 14.2. The van der Waals surface area contributed by atoms with Crippen molar-refractivity contribution in [2.45, 2.75) is 79.7 Å². The normalized spacial score (nSPS) is 23.3. The van der Waals surface area contributed by atoms with E-state index in [9.17, 15) is 19.5 Å². The molecule has 1 saturated heterocycles. The Morgan fingerprint density at radius 1 is 1.00 bits per heavy atom. The number of aromatic amines is 3. The van der Waals surface area contributed by atoms with Crippen molar-refractivity contribution in [3.05, 3.63) is 90.1 Å². The number of esters is 2. The number of carbonyl (C=O) groups excluding carboxylic acids is 3. The van der Waals surface area contributed by atoms with E-state index in [-0.39, 0.29) is 36.6 Å². The van der Waals surface area contributed by atoms with E-state index in [4.69, 9.17) is 9.47 Å². The summed E-state index contributed by atoms with van der Waals surface area (Å²) in [6, 6.07) is -0.465. The molecule has 3 aliphatic rings. The number of ether oxygens (including phenoxy) is 2. The molecule has 5 heterocycles. The first-order chi connectivity index (χ1) is 25.0. The fourth-order valence-corrected chi connectivity index (χ4v) is 8.34. The average Bonchev–Trinajstić information content (AvgIpc) is 3.87. The van der Waals surface area contributed by atoms with Gasteiger partial charge in [0, 0.05) is 56.8 Å². The molecule has 8 bridgehead atoms. The van der Waals surface area contributed by atoms with E-state index < -0.39 is 17.9 Å². The molecule has 1 fully saturated rings. The SMILES string of the molecule is C=Cc1c2[nH]c(c1C)/C=C1\NC(C3=c4[nH]/c(c(C)c4C(=O)[C@@H]3C(=O)OC)=C\c3[nH]c(/c(=C\O)c3CC)=C\2)[C@@H](CCC(=O)OC/C=C(/C)CCC)[C@@H]1C. The summed E-state index contributed by atoms with van der Waals surface area (Å²) in [6.07, 6.45) is 14.2. The summed E-state index contributed by atoms with van der Waals surface area (Å²) in [5.41, 5.74) is 9.23. The molecule has 5 N–H and O–H groups in total. The Hall–Kier alpha value is -5.25. The number of aromatic nitrogens is 3. The van der Waals surface area contributed by atoms with Crippen molar-refractivity contribution in [3.63, 3.8) is 0 Å². The first-order valence-electron chi connectivity index (χ1n) is 18.2. The third kappa shape index (κ3) is 6.28. The van der Waals surface area contributed by atoms with Crippen molar-refractivity contribution in [1.29, 1.82) is 0 Å². The molecule has 1 unspecified atom stereocenters. The smallest absolute Gasteiger partial charge is 0.320 e. The van der Waals surface area contributed by atoms with Crippen LogP contribution in [0.3, 0.4) is 0 Å². The van der Waals surface area contributed by atoms with E-state index in [1.54, 1.807) is 0 Å². The number of allylic oxidation sites excluding steroid dienone is 2. The summed E-state index contributed by atoms with van der Waals surface area (Å²) in [5.74, 6) is -2.61. The quantitative estimate of drug-likeness (QED) is 0.120. The number of Topliss-reactive ketones (excluding diaryl/α,β-unsaturated/α-hetero) is 1. The summed E-state index contributed by atoms with van der Waals surface area (Å²) in [4.78, 5) is 51.4. The van der Waals surface area contributed by atoms with Gasteiger partial charge < -0.3 is 34.8 Å². The van der Waals surface area contributed by atoms with Crippen molar-refractivity contribution in [2.75, 3.05) is 13.7 Å². The van der Waals surface area contributed by atoms with Gasteiger partial charge in [-0.15, -0.1) is 0 Å². The first-order valence-corrected chi connectivity index (χ1v) is 18.2. The molecular weight excluding hydrogens is 656 g/mol. The van der Waals surface area contributed by atoms with Crippen molar-refractivity contribution in [3.8, 4) is 0 Å². The lowest BCUT2D eigenvalue weighted by Crippen LogP contribution is -2.38. The summed E-state index contributed by atoms with van der Waals surface area (Å²) < 4.78 is 10.9. The molecule has 4 atom stereocenters. The molecule has 3 aromatic heterocycles. The molecular formula is C42H50N4O6. The van der Waals surface area contributed by atoms with Gasteiger partial charge in [0.15, 0.2) is 5.78 Å². The van der Waals surface area contributed by atoms with Crippen molar-refractivity contribution >= 4 is 53.9 Å². The van der Waals surface area contributed by atoms with Crippen molar-refractivity contribution in [1.82, 2.24) is 20.3 Å². The summed E-state index contributed by atoms with van der Waals surface area (Å²) >= 11 is 0. The van der Waals surface area contributed by atoms with Crippen LogP contribution >= 0.6 is 0 Å². The lowest BCUT2D eigenvalue weighted by atomic mass is 9.80. The Kier molecular flexibility index (Phi) is 10.4. The van der Waals surface area contributed by atoms with Gasteiger partial charge in [-0.1, -0.05) is 45.4 Å². The number of hydrogen-bond acceptors (Lipinski definition) is 7. The van der Waals surface area contributed by atoms with Crippen LogP contribution < -0.4 is 26.6 Å². The number of methoxy groups -OCH3 is 1. The maximum absolute atomic E-state index is 14.3. The Balaban J connectivity index is 1.57. The largest absolute Gasteiger partial charge is 0.515 e. The summed E-state index contributed by atoms with van der Waals surface area (Å²) in [7, 11) is 1.30. The minimum Gasteiger partial charge on any atom is -0.515 e. The molecule has 0 spiro atoms. The van der Waals surface area contributed by atoms with Gasteiger partial charge in [-0.3, -0.25) is 14.4 Å². The number of ketones is 1. The third-order valence-corrected chi connectivity index (χ3v) is 11.2. The van der Waals surface area contributed by atoms with Crippen molar-refractivity contribution < 1.29 is 29.0 Å². The molecule has 0 saturated carbocycles. The van der Waals surface area contributed by atoms with Gasteiger partial charge in [-0.25, -0.2) is 0 Å². The number of aliphatic hydroxyl groups is 1. The highest BCUT2D eigenvalue weighted by Gasteiger charge is 2.49. The summed E-state index contributed by atoms with van der Waals surface area (Å²) in [6.45, 7) is 16.5. The Bertz CT molecular complexity index is 2280. The minimum atomic E-state index is -1.14. The number of carbonyl (C=O) groups is 3. The highest BCUT2D eigenvalue weighted by Crippen LogP contribution is 2.42. The van der Waals surface area contributed by atoms with Gasteiger partial charge in [0.2, 0.25) is 0 Å². The maximum atomic E-state index is 14.3. The zero-order chi connectivity index (χ0) is 37.4. The molecule has 2 aliphatic heterocycles. The van der Waals surface area contributed by atoms with E-state index in [0.717, 1.165) is 74.8 Å². The number of nitrogens with one attached hydrogen (secondary N) is 4. The highest BCUT2D eigenvalue weighted by atomic mass is 16.5. The van der Waals surface area contributed by atoms with E-state index in [2.05, 4.69) is 46.8 Å². The number of rotatable bonds is 10. The number of aliphatic hydroxyl groups excluding tert-OH is 1. The predicted molar refractivity (Wildman–Crippen MR) is 204 cm³/mol. The molecule has 0 amide bonds. The second kappa shape index (κ2) is 14.8. The van der Waals surface area contributed by atoms with Gasteiger partial charge >= 0.3 is 11.9 Å². The van der Waals surface area contributed by atoms with Gasteiger partial charge in [-0.05, 0) is 92.5 Å². The molecule has 3 aromatic rings. The molecule has 10 heteroatoms.